The Labute approximate surface area is 207 Å². The first kappa shape index (κ1) is 24.2. The highest BCUT2D eigenvalue weighted by atomic mass is 35.5. The predicted molar refractivity (Wildman–Crippen MR) is 137 cm³/mol. The minimum Gasteiger partial charge on any atom is -0.493 e. The molecular formula is C29H32ClNO3. The average molecular weight is 478 g/mol. The van der Waals surface area contributed by atoms with Gasteiger partial charge in [0.1, 0.15) is 0 Å². The van der Waals surface area contributed by atoms with Crippen LogP contribution in [-0.2, 0) is 11.2 Å². The summed E-state index contributed by atoms with van der Waals surface area (Å²) in [6.07, 6.45) is 8.32. The fourth-order valence-corrected chi connectivity index (χ4v) is 4.61. The van der Waals surface area contributed by atoms with Crippen LogP contribution in [0.4, 0.5) is 0 Å². The Morgan fingerprint density at radius 3 is 2.53 bits per heavy atom. The van der Waals surface area contributed by atoms with Crippen LogP contribution in [0.25, 0.3) is 0 Å². The van der Waals surface area contributed by atoms with Gasteiger partial charge in [-0.3, -0.25) is 4.79 Å². The Hall–Kier alpha value is -2.98. The summed E-state index contributed by atoms with van der Waals surface area (Å²) in [5, 5.41) is 0.666. The van der Waals surface area contributed by atoms with Gasteiger partial charge in [0.15, 0.2) is 11.5 Å². The lowest BCUT2D eigenvalue weighted by Crippen LogP contribution is -2.40. The zero-order valence-corrected chi connectivity index (χ0v) is 21.3. The van der Waals surface area contributed by atoms with Gasteiger partial charge >= 0.3 is 0 Å². The summed E-state index contributed by atoms with van der Waals surface area (Å²) in [5.41, 5.74) is 6.37. The molecule has 2 unspecified atom stereocenters. The highest BCUT2D eigenvalue weighted by molar-refractivity contribution is 6.30. The molecule has 0 spiro atoms. The molecule has 1 heterocycles. The third-order valence-electron chi connectivity index (χ3n) is 6.69. The van der Waals surface area contributed by atoms with Crippen molar-refractivity contribution in [1.29, 1.82) is 0 Å². The van der Waals surface area contributed by atoms with E-state index >= 15 is 0 Å². The molecule has 1 aliphatic heterocycles. The molecule has 0 fully saturated rings. The molecule has 5 heteroatoms. The maximum Gasteiger partial charge on any atom is 0.232 e. The van der Waals surface area contributed by atoms with Crippen molar-refractivity contribution in [3.05, 3.63) is 93.2 Å². The van der Waals surface area contributed by atoms with Gasteiger partial charge in [0.25, 0.3) is 0 Å². The molecule has 2 aromatic carbocycles. The Kier molecular flexibility index (Phi) is 7.18. The number of methoxy groups -OCH3 is 1. The van der Waals surface area contributed by atoms with Crippen molar-refractivity contribution >= 4 is 17.5 Å². The quantitative estimate of drug-likeness (QED) is 0.442. The van der Waals surface area contributed by atoms with Crippen LogP contribution < -0.4 is 9.47 Å². The summed E-state index contributed by atoms with van der Waals surface area (Å²) in [6, 6.07) is 11.5. The van der Waals surface area contributed by atoms with Crippen LogP contribution >= 0.6 is 11.6 Å². The van der Waals surface area contributed by atoms with Crippen LogP contribution in [0, 0.1) is 0 Å². The number of allylic oxidation sites excluding steroid dienone is 5. The lowest BCUT2D eigenvalue weighted by atomic mass is 9.86. The van der Waals surface area contributed by atoms with Crippen molar-refractivity contribution in [2.45, 2.75) is 59.1 Å². The largest absolute Gasteiger partial charge is 0.493 e. The molecule has 2 atom stereocenters. The fourth-order valence-electron chi connectivity index (χ4n) is 4.49. The highest BCUT2D eigenvalue weighted by Gasteiger charge is 2.37. The smallest absolute Gasteiger partial charge is 0.232 e. The standard InChI is InChI=1S/C29H32ClNO3/c1-6-20(4)34-27-17-25-22(15-26(27)33-5)16-28(32)31(24-9-7-8-18(2)19(3)14-24)29(25)21-10-12-23(30)13-11-21/h7-8,10-15,17,20,29H,6,9,16H2,1-5H3. The van der Waals surface area contributed by atoms with E-state index in [1.807, 2.05) is 42.2 Å². The fraction of sp³-hybridized carbons (Fsp3) is 0.345. The summed E-state index contributed by atoms with van der Waals surface area (Å²) < 4.78 is 11.9. The molecular weight excluding hydrogens is 446 g/mol. The normalized spacial score (nSPS) is 18.9. The van der Waals surface area contributed by atoms with Crippen LogP contribution in [0.2, 0.25) is 5.02 Å². The van der Waals surface area contributed by atoms with Crippen LogP contribution in [-0.4, -0.2) is 24.0 Å². The first-order valence-corrected chi connectivity index (χ1v) is 12.2. The number of hydrogen-bond acceptors (Lipinski definition) is 3. The van der Waals surface area contributed by atoms with Crippen LogP contribution in [0.15, 0.2) is 71.5 Å². The van der Waals surface area contributed by atoms with Gasteiger partial charge in [-0.25, -0.2) is 0 Å². The van der Waals surface area contributed by atoms with E-state index in [2.05, 4.69) is 45.1 Å². The van der Waals surface area contributed by atoms with E-state index in [4.69, 9.17) is 21.1 Å². The maximum atomic E-state index is 13.7. The molecule has 2 aromatic rings. The minimum atomic E-state index is -0.287. The molecule has 0 radical (unpaired) electrons. The molecule has 0 saturated carbocycles. The van der Waals surface area contributed by atoms with Gasteiger partial charge in [0, 0.05) is 17.1 Å². The monoisotopic (exact) mass is 477 g/mol. The van der Waals surface area contributed by atoms with Gasteiger partial charge in [-0.2, -0.15) is 0 Å². The summed E-state index contributed by atoms with van der Waals surface area (Å²) in [4.78, 5) is 15.6. The lowest BCUT2D eigenvalue weighted by molar-refractivity contribution is -0.131. The first-order valence-electron chi connectivity index (χ1n) is 11.8. The van der Waals surface area contributed by atoms with Gasteiger partial charge in [-0.05, 0) is 85.4 Å². The van der Waals surface area contributed by atoms with Crippen molar-refractivity contribution in [2.24, 2.45) is 0 Å². The van der Waals surface area contributed by atoms with Gasteiger partial charge in [0.05, 0.1) is 25.7 Å². The number of fused-ring (bicyclic) bond motifs is 1. The Balaban J connectivity index is 1.91. The molecule has 0 saturated heterocycles. The van der Waals surface area contributed by atoms with E-state index in [1.165, 1.54) is 5.57 Å². The number of carbonyl (C=O) groups excluding carboxylic acids is 1. The molecule has 1 amide bonds. The number of carbonyl (C=O) groups is 1. The third-order valence-corrected chi connectivity index (χ3v) is 6.94. The van der Waals surface area contributed by atoms with Crippen molar-refractivity contribution in [1.82, 2.24) is 4.90 Å². The summed E-state index contributed by atoms with van der Waals surface area (Å²) >= 11 is 6.22. The molecule has 34 heavy (non-hydrogen) atoms. The zero-order chi connectivity index (χ0) is 24.4. The molecule has 4 rings (SSSR count). The van der Waals surface area contributed by atoms with Crippen LogP contribution in [0.1, 0.15) is 63.3 Å². The molecule has 0 bridgehead atoms. The van der Waals surface area contributed by atoms with Gasteiger partial charge in [-0.15, -0.1) is 0 Å². The molecule has 0 aromatic heterocycles. The summed E-state index contributed by atoms with van der Waals surface area (Å²) in [5.74, 6) is 1.42. The third kappa shape index (κ3) is 4.78. The van der Waals surface area contributed by atoms with Crippen molar-refractivity contribution in [3.63, 3.8) is 0 Å². The molecule has 2 aliphatic rings. The number of amides is 1. The van der Waals surface area contributed by atoms with E-state index in [9.17, 15) is 4.79 Å². The van der Waals surface area contributed by atoms with E-state index in [1.54, 1.807) is 7.11 Å². The van der Waals surface area contributed by atoms with Crippen LogP contribution in [0.3, 0.4) is 0 Å². The average Bonchev–Trinajstić information content (AvgIpc) is 2.98. The van der Waals surface area contributed by atoms with E-state index in [0.29, 0.717) is 29.4 Å². The SMILES string of the molecule is CCC(C)Oc1cc2c(cc1OC)CC(=O)N(C1=CC(C)=C(C)C=CC1)C2c1ccc(Cl)cc1. The van der Waals surface area contributed by atoms with Crippen molar-refractivity contribution < 1.29 is 14.3 Å². The van der Waals surface area contributed by atoms with Crippen molar-refractivity contribution in [3.8, 4) is 11.5 Å². The van der Waals surface area contributed by atoms with E-state index in [-0.39, 0.29) is 18.1 Å². The number of nitrogens with zero attached hydrogens (tertiary/aromatic N) is 1. The Morgan fingerprint density at radius 2 is 1.85 bits per heavy atom. The number of halogens is 1. The van der Waals surface area contributed by atoms with Gasteiger partial charge in [0.2, 0.25) is 5.91 Å². The number of ether oxygens (including phenoxy) is 2. The molecule has 4 nitrogen and oxygen atoms in total. The van der Waals surface area contributed by atoms with E-state index in [0.717, 1.165) is 34.4 Å². The minimum absolute atomic E-state index is 0.0488. The van der Waals surface area contributed by atoms with Crippen molar-refractivity contribution in [2.75, 3.05) is 7.11 Å². The summed E-state index contributed by atoms with van der Waals surface area (Å²) in [7, 11) is 1.64. The summed E-state index contributed by atoms with van der Waals surface area (Å²) in [6.45, 7) is 8.33. The molecule has 0 N–H and O–H groups in total. The number of hydrogen-bond donors (Lipinski definition) is 0. The van der Waals surface area contributed by atoms with Crippen LogP contribution in [0.5, 0.6) is 11.5 Å². The Morgan fingerprint density at radius 1 is 1.12 bits per heavy atom. The predicted octanol–water partition coefficient (Wildman–Crippen LogP) is 7.18. The first-order chi connectivity index (χ1) is 16.3. The second kappa shape index (κ2) is 10.1. The second-order valence-electron chi connectivity index (χ2n) is 9.04. The molecule has 1 aliphatic carbocycles. The molecule has 178 valence electrons. The number of rotatable bonds is 6. The second-order valence-corrected chi connectivity index (χ2v) is 9.48. The highest BCUT2D eigenvalue weighted by Crippen LogP contribution is 2.44. The maximum absolute atomic E-state index is 13.7. The van der Waals surface area contributed by atoms with E-state index < -0.39 is 0 Å². The Bertz CT molecular complexity index is 1180. The van der Waals surface area contributed by atoms with Gasteiger partial charge < -0.3 is 14.4 Å². The van der Waals surface area contributed by atoms with Gasteiger partial charge in [-0.1, -0.05) is 42.8 Å². The topological polar surface area (TPSA) is 38.8 Å². The zero-order valence-electron chi connectivity index (χ0n) is 20.5. The number of benzene rings is 2. The lowest BCUT2D eigenvalue weighted by Gasteiger charge is -2.39.